The summed E-state index contributed by atoms with van der Waals surface area (Å²) in [5.41, 5.74) is -7.56. The predicted octanol–water partition coefficient (Wildman–Crippen LogP) is 5.73. The molecule has 0 saturated carbocycles. The molecule has 1 aromatic heterocycles. The Morgan fingerprint density at radius 1 is 1.10 bits per heavy atom. The van der Waals surface area contributed by atoms with Crippen molar-refractivity contribution in [1.29, 1.82) is 0 Å². The van der Waals surface area contributed by atoms with Crippen LogP contribution in [0.4, 0.5) is 49.2 Å². The van der Waals surface area contributed by atoms with Crippen molar-refractivity contribution in [3.8, 4) is 5.75 Å². The molecule has 0 fully saturated rings. The first-order valence-electron chi connectivity index (χ1n) is 7.88. The first-order chi connectivity index (χ1) is 14.2. The van der Waals surface area contributed by atoms with E-state index in [1.165, 1.54) is 6.92 Å². The zero-order chi connectivity index (χ0) is 23.7. The molecule has 1 heterocycles. The van der Waals surface area contributed by atoms with E-state index in [1.807, 2.05) is 5.32 Å². The molecule has 0 atom stereocenters. The molecule has 0 saturated heterocycles. The van der Waals surface area contributed by atoms with Gasteiger partial charge in [-0.2, -0.15) is 26.3 Å². The number of pyridine rings is 1. The second kappa shape index (κ2) is 8.41. The van der Waals surface area contributed by atoms with Gasteiger partial charge in [0, 0.05) is 6.20 Å². The van der Waals surface area contributed by atoms with Crippen molar-refractivity contribution in [3.05, 3.63) is 54.7 Å². The molecule has 16 heteroatoms. The van der Waals surface area contributed by atoms with Crippen LogP contribution in [0.1, 0.15) is 18.1 Å². The fourth-order valence-electron chi connectivity index (χ4n) is 2.43. The van der Waals surface area contributed by atoms with Gasteiger partial charge in [0.05, 0.1) is 33.1 Å². The maximum atomic E-state index is 13.6. The van der Waals surface area contributed by atoms with E-state index in [0.29, 0.717) is 12.1 Å². The number of nitrogens with one attached hydrogen (secondary N) is 1. The Morgan fingerprint density at radius 3 is 2.13 bits per heavy atom. The smallest absolute Gasteiger partial charge is 0.426 e. The molecule has 2 rings (SSSR count). The fraction of sp³-hybridized carbons (Fsp3) is 0.267. The summed E-state index contributed by atoms with van der Waals surface area (Å²) in [5.74, 6) is -1.96. The van der Waals surface area contributed by atoms with Gasteiger partial charge in [-0.15, -0.1) is 0 Å². The summed E-state index contributed by atoms with van der Waals surface area (Å²) in [6, 6.07) is 0.646. The first kappa shape index (κ1) is 23.9. The lowest BCUT2D eigenvalue weighted by Crippen LogP contribution is -2.15. The fourth-order valence-corrected chi connectivity index (χ4v) is 2.64. The Balaban J connectivity index is 2.82. The van der Waals surface area contributed by atoms with Crippen LogP contribution in [0.2, 0.25) is 5.02 Å². The lowest BCUT2D eigenvalue weighted by Gasteiger charge is -2.17. The Bertz CT molecular complexity index is 1040. The lowest BCUT2D eigenvalue weighted by molar-refractivity contribution is -0.394. The third kappa shape index (κ3) is 5.04. The molecule has 0 spiro atoms. The minimum absolute atomic E-state index is 0.241. The Kier molecular flexibility index (Phi) is 6.49. The highest BCUT2D eigenvalue weighted by Crippen LogP contribution is 2.51. The highest BCUT2D eigenvalue weighted by Gasteiger charge is 2.47. The highest BCUT2D eigenvalue weighted by molar-refractivity contribution is 6.33. The molecule has 31 heavy (non-hydrogen) atoms. The molecule has 0 aliphatic rings. The van der Waals surface area contributed by atoms with E-state index in [9.17, 15) is 46.6 Å². The van der Waals surface area contributed by atoms with Gasteiger partial charge < -0.3 is 10.1 Å². The molecule has 0 aliphatic carbocycles. The molecule has 168 valence electrons. The van der Waals surface area contributed by atoms with E-state index < -0.39 is 73.6 Å². The number of aromatic nitrogens is 1. The van der Waals surface area contributed by atoms with Crippen molar-refractivity contribution in [1.82, 2.24) is 4.98 Å². The summed E-state index contributed by atoms with van der Waals surface area (Å²) in [7, 11) is 0. The molecule has 0 aliphatic heterocycles. The summed E-state index contributed by atoms with van der Waals surface area (Å²) >= 11 is 5.65. The van der Waals surface area contributed by atoms with E-state index in [0.717, 1.165) is 0 Å². The topological polar surface area (TPSA) is 120 Å². The van der Waals surface area contributed by atoms with Gasteiger partial charge in [0.1, 0.15) is 11.6 Å². The number of hydrogen-bond donors (Lipinski definition) is 1. The zero-order valence-corrected chi connectivity index (χ0v) is 15.7. The maximum Gasteiger partial charge on any atom is 0.426 e. The van der Waals surface area contributed by atoms with Crippen molar-refractivity contribution in [2.75, 3.05) is 11.9 Å². The van der Waals surface area contributed by atoms with Crippen LogP contribution in [0.15, 0.2) is 18.3 Å². The van der Waals surface area contributed by atoms with Gasteiger partial charge in [-0.05, 0) is 13.0 Å². The number of nitro benzene ring substituents is 2. The summed E-state index contributed by atoms with van der Waals surface area (Å²) < 4.78 is 83.6. The summed E-state index contributed by atoms with van der Waals surface area (Å²) in [4.78, 5) is 23.3. The molecule has 0 unspecified atom stereocenters. The number of nitrogens with zero attached hydrogens (tertiary/aromatic N) is 3. The molecule has 0 bridgehead atoms. The van der Waals surface area contributed by atoms with Gasteiger partial charge >= 0.3 is 23.7 Å². The number of ether oxygens (including phenoxy) is 1. The second-order valence-electron chi connectivity index (χ2n) is 5.61. The predicted molar refractivity (Wildman–Crippen MR) is 93.5 cm³/mol. The maximum absolute atomic E-state index is 13.6. The Hall–Kier alpha value is -3.36. The molecule has 1 N–H and O–H groups in total. The molecule has 9 nitrogen and oxygen atoms in total. The second-order valence-corrected chi connectivity index (χ2v) is 6.02. The summed E-state index contributed by atoms with van der Waals surface area (Å²) in [5, 5.41) is 23.9. The molecular formula is C15H9ClF6N4O5. The normalized spacial score (nSPS) is 11.9. The number of benzene rings is 1. The third-order valence-electron chi connectivity index (χ3n) is 3.62. The lowest BCUT2D eigenvalue weighted by atomic mass is 10.1. The van der Waals surface area contributed by atoms with Crippen molar-refractivity contribution in [3.63, 3.8) is 0 Å². The van der Waals surface area contributed by atoms with Crippen molar-refractivity contribution in [2.45, 2.75) is 19.3 Å². The molecule has 0 amide bonds. The van der Waals surface area contributed by atoms with Gasteiger partial charge in [-0.3, -0.25) is 20.2 Å². The number of halogens is 7. The van der Waals surface area contributed by atoms with Gasteiger partial charge in [-0.25, -0.2) is 4.98 Å². The van der Waals surface area contributed by atoms with Gasteiger partial charge in [0.2, 0.25) is 0 Å². The highest BCUT2D eigenvalue weighted by atomic mass is 35.5. The van der Waals surface area contributed by atoms with Crippen LogP contribution in [-0.4, -0.2) is 21.4 Å². The van der Waals surface area contributed by atoms with Crippen molar-refractivity contribution < 1.29 is 40.9 Å². The average molecular weight is 475 g/mol. The number of nitro groups is 2. The number of alkyl halides is 6. The molecule has 1 aromatic carbocycles. The Labute approximate surface area is 172 Å². The van der Waals surface area contributed by atoms with E-state index >= 15 is 0 Å². The SMILES string of the molecule is CCOc1cc([N+](=O)[O-])c(Nc2ncc(C(F)(F)F)cc2Cl)c([N+](=O)[O-])c1C(F)(F)F. The third-order valence-corrected chi connectivity index (χ3v) is 3.91. The summed E-state index contributed by atoms with van der Waals surface area (Å²) in [6.07, 6.45) is -10.0. The van der Waals surface area contributed by atoms with Crippen LogP contribution in [0.25, 0.3) is 0 Å². The number of rotatable bonds is 6. The first-order valence-corrected chi connectivity index (χ1v) is 8.25. The Morgan fingerprint density at radius 2 is 1.71 bits per heavy atom. The molecule has 2 aromatic rings. The van der Waals surface area contributed by atoms with Gasteiger partial charge in [-0.1, -0.05) is 11.6 Å². The van der Waals surface area contributed by atoms with Gasteiger partial charge in [0.25, 0.3) is 0 Å². The van der Waals surface area contributed by atoms with Crippen LogP contribution in [0, 0.1) is 20.2 Å². The quantitative estimate of drug-likeness (QED) is 0.322. The van der Waals surface area contributed by atoms with Crippen LogP contribution >= 0.6 is 11.6 Å². The van der Waals surface area contributed by atoms with E-state index in [-0.39, 0.29) is 6.20 Å². The molecular weight excluding hydrogens is 466 g/mol. The average Bonchev–Trinajstić information content (AvgIpc) is 2.61. The minimum Gasteiger partial charge on any atom is -0.493 e. The minimum atomic E-state index is -5.38. The monoisotopic (exact) mass is 474 g/mol. The van der Waals surface area contributed by atoms with Crippen molar-refractivity contribution >= 4 is 34.5 Å². The standard InChI is InChI=1S/C15H9ClF6N4O5/c1-2-31-9-4-8(25(27)28)11(12(26(29)30)10(9)15(20,21)22)24-13-7(16)3-6(5-23-13)14(17,18)19/h3-5H,2H2,1H3,(H,23,24). The summed E-state index contributed by atoms with van der Waals surface area (Å²) in [6.45, 7) is 0.840. The molecule has 0 radical (unpaired) electrons. The van der Waals surface area contributed by atoms with E-state index in [1.54, 1.807) is 0 Å². The van der Waals surface area contributed by atoms with Crippen LogP contribution in [0.3, 0.4) is 0 Å². The number of hydrogen-bond acceptors (Lipinski definition) is 7. The van der Waals surface area contributed by atoms with Crippen LogP contribution in [-0.2, 0) is 12.4 Å². The van der Waals surface area contributed by atoms with E-state index in [4.69, 9.17) is 16.3 Å². The largest absolute Gasteiger partial charge is 0.493 e. The number of anilines is 2. The van der Waals surface area contributed by atoms with Crippen LogP contribution in [0.5, 0.6) is 5.75 Å². The van der Waals surface area contributed by atoms with Crippen LogP contribution < -0.4 is 10.1 Å². The van der Waals surface area contributed by atoms with Crippen molar-refractivity contribution in [2.24, 2.45) is 0 Å². The van der Waals surface area contributed by atoms with Gasteiger partial charge in [0.15, 0.2) is 11.3 Å². The van der Waals surface area contributed by atoms with E-state index in [2.05, 4.69) is 4.98 Å². The zero-order valence-electron chi connectivity index (χ0n) is 15.0.